The van der Waals surface area contributed by atoms with Crippen LogP contribution in [-0.4, -0.2) is 5.25 Å². The van der Waals surface area contributed by atoms with Gasteiger partial charge in [0.1, 0.15) is 5.82 Å². The van der Waals surface area contributed by atoms with Gasteiger partial charge in [-0.15, -0.1) is 11.8 Å². The summed E-state index contributed by atoms with van der Waals surface area (Å²) in [7, 11) is 0. The molecule has 0 aliphatic heterocycles. The highest BCUT2D eigenvalue weighted by molar-refractivity contribution is 8.00. The summed E-state index contributed by atoms with van der Waals surface area (Å²) in [4.78, 5) is 1.12. The van der Waals surface area contributed by atoms with Crippen molar-refractivity contribution in [2.24, 2.45) is 0 Å². The lowest BCUT2D eigenvalue weighted by atomic mass is 9.98. The minimum Gasteiger partial charge on any atom is -0.206 e. The molecular formula is C18H19FS. The van der Waals surface area contributed by atoms with Crippen LogP contribution in [0.4, 0.5) is 4.39 Å². The van der Waals surface area contributed by atoms with Crippen molar-refractivity contribution in [2.75, 3.05) is 0 Å². The highest BCUT2D eigenvalue weighted by Gasteiger charge is 2.14. The molecule has 0 N–H and O–H groups in total. The van der Waals surface area contributed by atoms with Crippen LogP contribution in [0.5, 0.6) is 0 Å². The summed E-state index contributed by atoms with van der Waals surface area (Å²) in [6.45, 7) is 6.26. The topological polar surface area (TPSA) is 0 Å². The van der Waals surface area contributed by atoms with Gasteiger partial charge in [-0.1, -0.05) is 56.3 Å². The molecule has 2 aromatic carbocycles. The summed E-state index contributed by atoms with van der Waals surface area (Å²) in [6, 6.07) is 13.2. The molecule has 0 heterocycles. The monoisotopic (exact) mass is 286 g/mol. The van der Waals surface area contributed by atoms with E-state index in [2.05, 4.69) is 13.8 Å². The minimum atomic E-state index is -0.169. The number of hydrogen-bond acceptors (Lipinski definition) is 1. The summed E-state index contributed by atoms with van der Waals surface area (Å²) in [5.41, 5.74) is 2.58. The predicted octanol–water partition coefficient (Wildman–Crippen LogP) is 6.03. The second kappa shape index (κ2) is 6.76. The zero-order valence-corrected chi connectivity index (χ0v) is 12.9. The summed E-state index contributed by atoms with van der Waals surface area (Å²) >= 11 is 1.76. The first-order valence-electron chi connectivity index (χ1n) is 6.80. The lowest BCUT2D eigenvalue weighted by molar-refractivity contribution is 0.630. The van der Waals surface area contributed by atoms with Crippen LogP contribution in [0.3, 0.4) is 0 Å². The molecule has 2 aromatic rings. The average Bonchev–Trinajstić information content (AvgIpc) is 2.43. The quantitative estimate of drug-likeness (QED) is 0.619. The maximum absolute atomic E-state index is 14.3. The van der Waals surface area contributed by atoms with E-state index < -0.39 is 0 Å². The van der Waals surface area contributed by atoms with E-state index in [1.165, 1.54) is 0 Å². The average molecular weight is 286 g/mol. The van der Waals surface area contributed by atoms with Gasteiger partial charge in [-0.3, -0.25) is 0 Å². The molecule has 0 aromatic heterocycles. The Morgan fingerprint density at radius 3 is 2.35 bits per heavy atom. The smallest absolute Gasteiger partial charge is 0.131 e. The molecule has 0 atom stereocenters. The lowest BCUT2D eigenvalue weighted by Gasteiger charge is -2.14. The molecule has 0 spiro atoms. The van der Waals surface area contributed by atoms with Crippen LogP contribution in [0.2, 0.25) is 0 Å². The Balaban J connectivity index is 2.65. The maximum atomic E-state index is 14.3. The number of hydrogen-bond donors (Lipinski definition) is 0. The Bertz CT molecular complexity index is 600. The Kier molecular flexibility index (Phi) is 5.02. The fraction of sp³-hybridized carbons (Fsp3) is 0.222. The molecule has 0 aliphatic rings. The molecule has 0 radical (unpaired) electrons. The molecule has 0 saturated carbocycles. The second-order valence-electron chi connectivity index (χ2n) is 4.87. The van der Waals surface area contributed by atoms with E-state index in [0.29, 0.717) is 10.8 Å². The molecule has 2 rings (SSSR count). The van der Waals surface area contributed by atoms with Crippen LogP contribution < -0.4 is 0 Å². The van der Waals surface area contributed by atoms with E-state index in [1.54, 1.807) is 17.8 Å². The van der Waals surface area contributed by atoms with Crippen LogP contribution >= 0.6 is 11.8 Å². The van der Waals surface area contributed by atoms with Gasteiger partial charge in [-0.05, 0) is 30.2 Å². The van der Waals surface area contributed by atoms with Crippen molar-refractivity contribution in [2.45, 2.75) is 30.9 Å². The van der Waals surface area contributed by atoms with Gasteiger partial charge in [0, 0.05) is 15.7 Å². The maximum Gasteiger partial charge on any atom is 0.131 e. The van der Waals surface area contributed by atoms with E-state index >= 15 is 0 Å². The van der Waals surface area contributed by atoms with Crippen LogP contribution in [-0.2, 0) is 0 Å². The van der Waals surface area contributed by atoms with Gasteiger partial charge >= 0.3 is 0 Å². The van der Waals surface area contributed by atoms with Crippen molar-refractivity contribution in [3.05, 3.63) is 59.9 Å². The van der Waals surface area contributed by atoms with E-state index in [1.807, 2.05) is 55.5 Å². The SMILES string of the molecule is C/C=C/c1c(SC(C)C)ccc(F)c1-c1ccccc1. The van der Waals surface area contributed by atoms with Crippen molar-refractivity contribution in [1.82, 2.24) is 0 Å². The third kappa shape index (κ3) is 3.31. The number of thioether (sulfide) groups is 1. The Morgan fingerprint density at radius 1 is 1.05 bits per heavy atom. The molecule has 2 heteroatoms. The fourth-order valence-electron chi connectivity index (χ4n) is 2.16. The predicted molar refractivity (Wildman–Crippen MR) is 87.5 cm³/mol. The normalized spacial score (nSPS) is 11.4. The molecule has 0 nitrogen and oxygen atoms in total. The molecule has 0 aliphatic carbocycles. The fourth-order valence-corrected chi connectivity index (χ4v) is 3.11. The van der Waals surface area contributed by atoms with Gasteiger partial charge in [-0.25, -0.2) is 4.39 Å². The molecule has 0 unspecified atom stereocenters. The minimum absolute atomic E-state index is 0.169. The molecule has 104 valence electrons. The first-order chi connectivity index (χ1) is 9.63. The van der Waals surface area contributed by atoms with E-state index in [0.717, 1.165) is 16.0 Å². The van der Waals surface area contributed by atoms with Gasteiger partial charge in [0.25, 0.3) is 0 Å². The van der Waals surface area contributed by atoms with Gasteiger partial charge in [0.15, 0.2) is 0 Å². The molecule has 0 amide bonds. The van der Waals surface area contributed by atoms with Crippen LogP contribution in [0.15, 0.2) is 53.4 Å². The Labute approximate surface area is 124 Å². The largest absolute Gasteiger partial charge is 0.206 e. The van der Waals surface area contributed by atoms with Crippen LogP contribution in [0.25, 0.3) is 17.2 Å². The highest BCUT2D eigenvalue weighted by Crippen LogP contribution is 2.36. The number of allylic oxidation sites excluding steroid dienone is 1. The van der Waals surface area contributed by atoms with E-state index in [4.69, 9.17) is 0 Å². The van der Waals surface area contributed by atoms with Gasteiger partial charge in [-0.2, -0.15) is 0 Å². The van der Waals surface area contributed by atoms with Crippen molar-refractivity contribution in [3.63, 3.8) is 0 Å². The third-order valence-corrected chi connectivity index (χ3v) is 3.99. The number of halogens is 1. The van der Waals surface area contributed by atoms with Gasteiger partial charge in [0.05, 0.1) is 0 Å². The Morgan fingerprint density at radius 2 is 1.75 bits per heavy atom. The van der Waals surface area contributed by atoms with Crippen molar-refractivity contribution >= 4 is 17.8 Å². The second-order valence-corrected chi connectivity index (χ2v) is 6.49. The van der Waals surface area contributed by atoms with Crippen molar-refractivity contribution in [3.8, 4) is 11.1 Å². The number of rotatable bonds is 4. The van der Waals surface area contributed by atoms with Crippen molar-refractivity contribution < 1.29 is 4.39 Å². The first-order valence-corrected chi connectivity index (χ1v) is 7.68. The first kappa shape index (κ1) is 14.9. The summed E-state index contributed by atoms with van der Waals surface area (Å²) in [6.07, 6.45) is 3.96. The van der Waals surface area contributed by atoms with Gasteiger partial charge < -0.3 is 0 Å². The lowest BCUT2D eigenvalue weighted by Crippen LogP contribution is -1.95. The van der Waals surface area contributed by atoms with Crippen molar-refractivity contribution in [1.29, 1.82) is 0 Å². The molecule has 20 heavy (non-hydrogen) atoms. The van der Waals surface area contributed by atoms with Crippen LogP contribution in [0.1, 0.15) is 26.3 Å². The zero-order chi connectivity index (χ0) is 14.5. The Hall–Kier alpha value is -1.54. The summed E-state index contributed by atoms with van der Waals surface area (Å²) in [5, 5.41) is 0.466. The highest BCUT2D eigenvalue weighted by atomic mass is 32.2. The number of benzene rings is 2. The standard InChI is InChI=1S/C18H19FS/c1-4-8-15-17(20-13(2)3)12-11-16(19)18(15)14-9-6-5-7-10-14/h4-13H,1-3H3/b8-4+. The molecule has 0 fully saturated rings. The molecular weight excluding hydrogens is 267 g/mol. The summed E-state index contributed by atoms with van der Waals surface area (Å²) in [5.74, 6) is -0.169. The summed E-state index contributed by atoms with van der Waals surface area (Å²) < 4.78 is 14.3. The zero-order valence-electron chi connectivity index (χ0n) is 12.1. The van der Waals surface area contributed by atoms with Crippen LogP contribution in [0, 0.1) is 5.82 Å². The third-order valence-electron chi connectivity index (χ3n) is 2.91. The van der Waals surface area contributed by atoms with E-state index in [9.17, 15) is 4.39 Å². The molecule has 0 saturated heterocycles. The van der Waals surface area contributed by atoms with Gasteiger partial charge in [0.2, 0.25) is 0 Å². The molecule has 0 bridgehead atoms. The van der Waals surface area contributed by atoms with E-state index in [-0.39, 0.29) is 5.82 Å².